The zero-order chi connectivity index (χ0) is 16.8. The molecule has 1 unspecified atom stereocenters. The van der Waals surface area contributed by atoms with Crippen molar-refractivity contribution in [1.82, 2.24) is 10.2 Å². The van der Waals surface area contributed by atoms with Crippen molar-refractivity contribution in [2.45, 2.75) is 26.4 Å². The molecule has 0 heterocycles. The summed E-state index contributed by atoms with van der Waals surface area (Å²) in [6.45, 7) is 4.52. The molecule has 0 bridgehead atoms. The second-order valence-electron chi connectivity index (χ2n) is 5.30. The van der Waals surface area contributed by atoms with Crippen molar-refractivity contribution < 1.29 is 13.6 Å². The molecule has 0 spiro atoms. The van der Waals surface area contributed by atoms with Gasteiger partial charge < -0.3 is 10.2 Å². The Kier molecular flexibility index (Phi) is 5.68. The number of hydrogen-bond acceptors (Lipinski definition) is 1. The van der Waals surface area contributed by atoms with E-state index >= 15 is 0 Å². The first-order chi connectivity index (χ1) is 11.0. The Labute approximate surface area is 134 Å². The fourth-order valence-electron chi connectivity index (χ4n) is 2.44. The summed E-state index contributed by atoms with van der Waals surface area (Å²) < 4.78 is 26.2. The second kappa shape index (κ2) is 7.72. The van der Waals surface area contributed by atoms with Crippen molar-refractivity contribution >= 4 is 6.03 Å². The molecule has 3 nitrogen and oxygen atoms in total. The molecular formula is C18H20F2N2O. The van der Waals surface area contributed by atoms with E-state index in [4.69, 9.17) is 0 Å². The van der Waals surface area contributed by atoms with Crippen LogP contribution in [-0.2, 0) is 6.54 Å². The largest absolute Gasteiger partial charge is 0.334 e. The Balaban J connectivity index is 2.01. The fraction of sp³-hybridized carbons (Fsp3) is 0.278. The Bertz CT molecular complexity index is 658. The highest BCUT2D eigenvalue weighted by molar-refractivity contribution is 5.74. The highest BCUT2D eigenvalue weighted by atomic mass is 19.1. The van der Waals surface area contributed by atoms with Gasteiger partial charge in [-0.3, -0.25) is 0 Å². The van der Waals surface area contributed by atoms with Gasteiger partial charge in [0.1, 0.15) is 11.6 Å². The van der Waals surface area contributed by atoms with Crippen molar-refractivity contribution in [2.75, 3.05) is 6.54 Å². The first-order valence-corrected chi connectivity index (χ1v) is 7.55. The van der Waals surface area contributed by atoms with Crippen LogP contribution in [0.3, 0.4) is 0 Å². The number of hydrogen-bond donors (Lipinski definition) is 1. The number of amides is 2. The van der Waals surface area contributed by atoms with Gasteiger partial charge in [-0.1, -0.05) is 24.3 Å². The van der Waals surface area contributed by atoms with Gasteiger partial charge in [0, 0.05) is 13.1 Å². The molecule has 0 fully saturated rings. The van der Waals surface area contributed by atoms with E-state index in [0.29, 0.717) is 12.1 Å². The van der Waals surface area contributed by atoms with Gasteiger partial charge in [-0.25, -0.2) is 13.6 Å². The fourth-order valence-corrected chi connectivity index (χ4v) is 2.44. The first-order valence-electron chi connectivity index (χ1n) is 7.55. The topological polar surface area (TPSA) is 32.3 Å². The molecule has 23 heavy (non-hydrogen) atoms. The third-order valence-electron chi connectivity index (χ3n) is 3.75. The number of nitrogens with zero attached hydrogens (tertiary/aromatic N) is 1. The van der Waals surface area contributed by atoms with Crippen molar-refractivity contribution in [3.8, 4) is 0 Å². The highest BCUT2D eigenvalue weighted by Crippen LogP contribution is 2.20. The van der Waals surface area contributed by atoms with Crippen LogP contribution in [0.4, 0.5) is 13.6 Å². The Morgan fingerprint density at radius 3 is 2.43 bits per heavy atom. The monoisotopic (exact) mass is 318 g/mol. The Morgan fingerprint density at radius 2 is 1.83 bits per heavy atom. The molecule has 1 N–H and O–H groups in total. The lowest BCUT2D eigenvalue weighted by molar-refractivity contribution is 0.182. The number of benzene rings is 2. The average molecular weight is 318 g/mol. The third kappa shape index (κ3) is 4.52. The van der Waals surface area contributed by atoms with E-state index in [-0.39, 0.29) is 30.3 Å². The molecular weight excluding hydrogens is 298 g/mol. The predicted octanol–water partition coefficient (Wildman–Crippen LogP) is 4.26. The van der Waals surface area contributed by atoms with Gasteiger partial charge in [-0.05, 0) is 49.2 Å². The number of carbonyl (C=O) groups excluding carboxylic acids is 1. The molecule has 0 aromatic heterocycles. The summed E-state index contributed by atoms with van der Waals surface area (Å²) in [5.41, 5.74) is 1.55. The molecule has 0 saturated heterocycles. The molecule has 5 heteroatoms. The summed E-state index contributed by atoms with van der Waals surface area (Å²) in [7, 11) is 0. The maximum Gasteiger partial charge on any atom is 0.318 e. The van der Waals surface area contributed by atoms with E-state index < -0.39 is 0 Å². The zero-order valence-electron chi connectivity index (χ0n) is 13.2. The maximum atomic E-state index is 13.1. The minimum Gasteiger partial charge on any atom is -0.334 e. The molecule has 0 aliphatic carbocycles. The summed E-state index contributed by atoms with van der Waals surface area (Å²) in [5.74, 6) is -0.636. The van der Waals surface area contributed by atoms with Crippen LogP contribution in [0.25, 0.3) is 0 Å². The zero-order valence-corrected chi connectivity index (χ0v) is 13.2. The van der Waals surface area contributed by atoms with Crippen LogP contribution in [0.15, 0.2) is 48.5 Å². The summed E-state index contributed by atoms with van der Waals surface area (Å²) in [6, 6.07) is 11.8. The van der Waals surface area contributed by atoms with Gasteiger partial charge >= 0.3 is 6.03 Å². The van der Waals surface area contributed by atoms with Crippen LogP contribution in [0, 0.1) is 11.6 Å². The molecule has 2 aromatic rings. The van der Waals surface area contributed by atoms with Crippen LogP contribution in [-0.4, -0.2) is 17.5 Å². The molecule has 122 valence electrons. The number of urea groups is 1. The SMILES string of the molecule is CCN(C(=O)NCc1cccc(F)c1)C(C)c1ccc(F)cc1. The molecule has 0 aliphatic rings. The van der Waals surface area contributed by atoms with Crippen LogP contribution in [0.2, 0.25) is 0 Å². The van der Waals surface area contributed by atoms with Crippen LogP contribution >= 0.6 is 0 Å². The van der Waals surface area contributed by atoms with Crippen LogP contribution < -0.4 is 5.32 Å². The van der Waals surface area contributed by atoms with Gasteiger partial charge in [0.25, 0.3) is 0 Å². The summed E-state index contributed by atoms with van der Waals surface area (Å²) >= 11 is 0. The second-order valence-corrected chi connectivity index (χ2v) is 5.30. The quantitative estimate of drug-likeness (QED) is 0.878. The first kappa shape index (κ1) is 16.9. The van der Waals surface area contributed by atoms with E-state index in [0.717, 1.165) is 5.56 Å². The number of halogens is 2. The van der Waals surface area contributed by atoms with E-state index in [1.165, 1.54) is 24.3 Å². The van der Waals surface area contributed by atoms with Crippen molar-refractivity contribution in [3.05, 3.63) is 71.3 Å². The Morgan fingerprint density at radius 1 is 1.13 bits per heavy atom. The highest BCUT2D eigenvalue weighted by Gasteiger charge is 2.19. The van der Waals surface area contributed by atoms with Gasteiger partial charge in [-0.15, -0.1) is 0 Å². The number of rotatable bonds is 5. The average Bonchev–Trinajstić information content (AvgIpc) is 2.54. The lowest BCUT2D eigenvalue weighted by Crippen LogP contribution is -2.41. The van der Waals surface area contributed by atoms with Gasteiger partial charge in [0.2, 0.25) is 0 Å². The molecule has 0 aliphatic heterocycles. The minimum absolute atomic E-state index is 0.187. The van der Waals surface area contributed by atoms with Crippen molar-refractivity contribution in [1.29, 1.82) is 0 Å². The number of carbonyl (C=O) groups is 1. The lowest BCUT2D eigenvalue weighted by atomic mass is 10.1. The summed E-state index contributed by atoms with van der Waals surface area (Å²) in [6.07, 6.45) is 0. The van der Waals surface area contributed by atoms with E-state index in [1.54, 1.807) is 29.2 Å². The van der Waals surface area contributed by atoms with Gasteiger partial charge in [0.15, 0.2) is 0 Å². The molecule has 2 aromatic carbocycles. The van der Waals surface area contributed by atoms with E-state index in [1.807, 2.05) is 13.8 Å². The van der Waals surface area contributed by atoms with Crippen molar-refractivity contribution in [2.24, 2.45) is 0 Å². The molecule has 2 rings (SSSR count). The lowest BCUT2D eigenvalue weighted by Gasteiger charge is -2.28. The normalized spacial score (nSPS) is 11.8. The molecule has 2 amide bonds. The summed E-state index contributed by atoms with van der Waals surface area (Å²) in [5, 5.41) is 2.79. The minimum atomic E-state index is -0.330. The maximum absolute atomic E-state index is 13.1. The van der Waals surface area contributed by atoms with Crippen LogP contribution in [0.5, 0.6) is 0 Å². The molecule has 0 radical (unpaired) electrons. The van der Waals surface area contributed by atoms with E-state index in [2.05, 4.69) is 5.32 Å². The standard InChI is InChI=1S/C18H20F2N2O/c1-3-22(13(2)15-7-9-16(19)10-8-15)18(23)21-12-14-5-4-6-17(20)11-14/h4-11,13H,3,12H2,1-2H3,(H,21,23). The van der Waals surface area contributed by atoms with E-state index in [9.17, 15) is 13.6 Å². The molecule has 0 saturated carbocycles. The Hall–Kier alpha value is -2.43. The van der Waals surface area contributed by atoms with Crippen LogP contribution in [0.1, 0.15) is 31.0 Å². The smallest absolute Gasteiger partial charge is 0.318 e. The van der Waals surface area contributed by atoms with Gasteiger partial charge in [0.05, 0.1) is 6.04 Å². The summed E-state index contributed by atoms with van der Waals surface area (Å²) in [4.78, 5) is 14.0. The predicted molar refractivity (Wildman–Crippen MR) is 85.8 cm³/mol. The number of nitrogens with one attached hydrogen (secondary N) is 1. The molecule has 1 atom stereocenters. The van der Waals surface area contributed by atoms with Crippen molar-refractivity contribution in [3.63, 3.8) is 0 Å². The van der Waals surface area contributed by atoms with Gasteiger partial charge in [-0.2, -0.15) is 0 Å². The third-order valence-corrected chi connectivity index (χ3v) is 3.75.